The van der Waals surface area contributed by atoms with Gasteiger partial charge in [0.25, 0.3) is 0 Å². The second-order valence-electron chi connectivity index (χ2n) is 1.55. The van der Waals surface area contributed by atoms with E-state index in [1.54, 1.807) is 12.1 Å². The zero-order valence-corrected chi connectivity index (χ0v) is 7.00. The third-order valence-corrected chi connectivity index (χ3v) is 0.848. The molecule has 0 aromatic carbocycles. The number of hydrogen-bond acceptors (Lipinski definition) is 2. The number of ether oxygens (including phenoxy) is 1. The largest absolute Gasteiger partial charge is 0.417 e. The van der Waals surface area contributed by atoms with Gasteiger partial charge in [-0.2, -0.15) is 8.78 Å². The van der Waals surface area contributed by atoms with Crippen molar-refractivity contribution in [2.24, 2.45) is 0 Å². The summed E-state index contributed by atoms with van der Waals surface area (Å²) in [6.07, 6.45) is 1.39. The first-order chi connectivity index (χ1) is 5.79. The summed E-state index contributed by atoms with van der Waals surface area (Å²) in [4.78, 5) is 3.52. The fourth-order valence-corrected chi connectivity index (χ4v) is 0.508. The molecule has 68 valence electrons. The lowest BCUT2D eigenvalue weighted by molar-refractivity contribution is -0.0528. The molecule has 1 rings (SSSR count). The van der Waals surface area contributed by atoms with Crippen LogP contribution in [-0.4, -0.2) is 11.6 Å². The zero-order chi connectivity index (χ0) is 9.40. The minimum Gasteiger partial charge on any atom is -0.417 e. The highest BCUT2D eigenvalue weighted by Crippen LogP contribution is 2.06. The van der Waals surface area contributed by atoms with Crippen LogP contribution >= 0.6 is 0 Å². The molecule has 0 radical (unpaired) electrons. The summed E-state index contributed by atoms with van der Waals surface area (Å²) in [6, 6.07) is 4.56. The van der Waals surface area contributed by atoms with Crippen molar-refractivity contribution in [1.29, 1.82) is 0 Å². The highest BCUT2D eigenvalue weighted by Gasteiger charge is 2.02. The molecule has 2 nitrogen and oxygen atoms in total. The van der Waals surface area contributed by atoms with Gasteiger partial charge in [-0.25, -0.2) is 4.98 Å². The van der Waals surface area contributed by atoms with E-state index < -0.39 is 6.61 Å². The maximum atomic E-state index is 11.5. The minimum atomic E-state index is -2.80. The van der Waals surface area contributed by atoms with E-state index in [0.717, 1.165) is 0 Å². The van der Waals surface area contributed by atoms with Crippen LogP contribution in [0.25, 0.3) is 0 Å². The van der Waals surface area contributed by atoms with Crippen molar-refractivity contribution in [1.82, 2.24) is 4.98 Å². The number of rotatable bonds is 2. The van der Waals surface area contributed by atoms with Crippen LogP contribution in [0.1, 0.15) is 13.8 Å². The number of halogens is 2. The minimum absolute atomic E-state index is 0.0579. The Bertz CT molecular complexity index is 192. The molecule has 0 fully saturated rings. The van der Waals surface area contributed by atoms with Gasteiger partial charge in [-0.1, -0.05) is 19.9 Å². The Morgan fingerprint density at radius 3 is 2.42 bits per heavy atom. The summed E-state index contributed by atoms with van der Waals surface area (Å²) in [5, 5.41) is 0. The molecular weight excluding hydrogens is 164 g/mol. The lowest BCUT2D eigenvalue weighted by Gasteiger charge is -2.00. The predicted octanol–water partition coefficient (Wildman–Crippen LogP) is 2.71. The molecule has 0 aliphatic rings. The van der Waals surface area contributed by atoms with Gasteiger partial charge >= 0.3 is 6.61 Å². The maximum absolute atomic E-state index is 11.5. The topological polar surface area (TPSA) is 22.1 Å². The highest BCUT2D eigenvalue weighted by molar-refractivity contribution is 5.08. The van der Waals surface area contributed by atoms with Crippen LogP contribution in [0, 0.1) is 0 Å². The Kier molecular flexibility index (Phi) is 5.87. The molecule has 4 heteroatoms. The van der Waals surface area contributed by atoms with Crippen LogP contribution in [0.15, 0.2) is 24.4 Å². The molecule has 1 aromatic heterocycles. The second kappa shape index (κ2) is 6.52. The van der Waals surface area contributed by atoms with E-state index in [9.17, 15) is 8.78 Å². The molecule has 0 spiro atoms. The van der Waals surface area contributed by atoms with Crippen molar-refractivity contribution < 1.29 is 13.5 Å². The summed E-state index contributed by atoms with van der Waals surface area (Å²) in [5.74, 6) is -0.0579. The van der Waals surface area contributed by atoms with Crippen molar-refractivity contribution in [2.45, 2.75) is 20.5 Å². The van der Waals surface area contributed by atoms with Gasteiger partial charge in [-0.3, -0.25) is 0 Å². The van der Waals surface area contributed by atoms with Gasteiger partial charge in [0.15, 0.2) is 0 Å². The molecule has 0 saturated carbocycles. The van der Waals surface area contributed by atoms with Gasteiger partial charge in [-0.05, 0) is 6.07 Å². The molecule has 0 atom stereocenters. The van der Waals surface area contributed by atoms with Crippen LogP contribution < -0.4 is 4.74 Å². The second-order valence-corrected chi connectivity index (χ2v) is 1.55. The summed E-state index contributed by atoms with van der Waals surface area (Å²) < 4.78 is 26.9. The number of hydrogen-bond donors (Lipinski definition) is 0. The molecule has 0 unspecified atom stereocenters. The zero-order valence-electron chi connectivity index (χ0n) is 7.00. The van der Waals surface area contributed by atoms with Crippen LogP contribution in [-0.2, 0) is 0 Å². The summed E-state index contributed by atoms with van der Waals surface area (Å²) >= 11 is 0. The molecule has 0 aliphatic carbocycles. The summed E-state index contributed by atoms with van der Waals surface area (Å²) in [7, 11) is 0. The van der Waals surface area contributed by atoms with Gasteiger partial charge in [0.2, 0.25) is 5.88 Å². The van der Waals surface area contributed by atoms with Crippen molar-refractivity contribution >= 4 is 0 Å². The maximum Gasteiger partial charge on any atom is 0.388 e. The summed E-state index contributed by atoms with van der Waals surface area (Å²) in [5.41, 5.74) is 0. The van der Waals surface area contributed by atoms with Crippen molar-refractivity contribution in [3.05, 3.63) is 24.4 Å². The van der Waals surface area contributed by atoms with E-state index in [-0.39, 0.29) is 5.88 Å². The average Bonchev–Trinajstić information content (AvgIpc) is 2.08. The van der Waals surface area contributed by atoms with E-state index in [4.69, 9.17) is 0 Å². The number of nitrogens with zero attached hydrogens (tertiary/aromatic N) is 1. The fourth-order valence-electron chi connectivity index (χ4n) is 0.508. The lowest BCUT2D eigenvalue weighted by atomic mass is 10.5. The first-order valence-electron chi connectivity index (χ1n) is 3.65. The van der Waals surface area contributed by atoms with Crippen molar-refractivity contribution in [3.63, 3.8) is 0 Å². The smallest absolute Gasteiger partial charge is 0.388 e. The van der Waals surface area contributed by atoms with Gasteiger partial charge < -0.3 is 4.74 Å². The van der Waals surface area contributed by atoms with E-state index in [1.807, 2.05) is 13.8 Å². The van der Waals surface area contributed by atoms with Gasteiger partial charge in [0.1, 0.15) is 0 Å². The molecular formula is C8H11F2NO. The molecule has 12 heavy (non-hydrogen) atoms. The normalized spacial score (nSPS) is 8.75. The third kappa shape index (κ3) is 4.60. The molecule has 1 aromatic rings. The molecule has 0 bridgehead atoms. The SMILES string of the molecule is CC.FC(F)Oc1ccccn1. The lowest BCUT2D eigenvalue weighted by Crippen LogP contribution is -2.02. The van der Waals surface area contributed by atoms with E-state index in [1.165, 1.54) is 12.3 Å². The number of alkyl halides is 2. The van der Waals surface area contributed by atoms with Gasteiger partial charge in [0.05, 0.1) is 0 Å². The Labute approximate surface area is 70.2 Å². The monoisotopic (exact) mass is 175 g/mol. The molecule has 0 saturated heterocycles. The highest BCUT2D eigenvalue weighted by atomic mass is 19.3. The van der Waals surface area contributed by atoms with Crippen LogP contribution in [0.3, 0.4) is 0 Å². The Balaban J connectivity index is 0.000000561. The molecule has 0 aliphatic heterocycles. The van der Waals surface area contributed by atoms with Gasteiger partial charge in [0, 0.05) is 12.3 Å². The Morgan fingerprint density at radius 1 is 1.33 bits per heavy atom. The molecule has 0 amide bonds. The van der Waals surface area contributed by atoms with E-state index in [0.29, 0.717) is 0 Å². The van der Waals surface area contributed by atoms with Crippen molar-refractivity contribution in [3.8, 4) is 5.88 Å². The van der Waals surface area contributed by atoms with Crippen LogP contribution in [0.4, 0.5) is 8.78 Å². The first-order valence-corrected chi connectivity index (χ1v) is 3.65. The van der Waals surface area contributed by atoms with E-state index in [2.05, 4.69) is 9.72 Å². The van der Waals surface area contributed by atoms with Crippen LogP contribution in [0.5, 0.6) is 5.88 Å². The fraction of sp³-hybridized carbons (Fsp3) is 0.375. The predicted molar refractivity (Wildman–Crippen MR) is 42.2 cm³/mol. The van der Waals surface area contributed by atoms with Gasteiger partial charge in [-0.15, -0.1) is 0 Å². The number of pyridine rings is 1. The molecule has 0 N–H and O–H groups in total. The van der Waals surface area contributed by atoms with E-state index >= 15 is 0 Å². The average molecular weight is 175 g/mol. The standard InChI is InChI=1S/C6H5F2NO.C2H6/c7-6(8)10-5-3-1-2-4-9-5;1-2/h1-4,6H;1-2H3. The van der Waals surface area contributed by atoms with Crippen molar-refractivity contribution in [2.75, 3.05) is 0 Å². The third-order valence-electron chi connectivity index (χ3n) is 0.848. The quantitative estimate of drug-likeness (QED) is 0.689. The Hall–Kier alpha value is -1.19. The Morgan fingerprint density at radius 2 is 2.00 bits per heavy atom. The van der Waals surface area contributed by atoms with Crippen LogP contribution in [0.2, 0.25) is 0 Å². The molecule has 1 heterocycles. The number of aromatic nitrogens is 1. The first kappa shape index (κ1) is 10.8. The summed E-state index contributed by atoms with van der Waals surface area (Å²) in [6.45, 7) is 1.20.